The molecule has 0 aliphatic carbocycles. The molecule has 2 fully saturated rings. The summed E-state index contributed by atoms with van der Waals surface area (Å²) in [6.07, 6.45) is 2.27. The van der Waals surface area contributed by atoms with Crippen LogP contribution in [-0.4, -0.2) is 60.7 Å². The van der Waals surface area contributed by atoms with Crippen LogP contribution in [0.4, 0.5) is 0 Å². The average molecular weight is 291 g/mol. The maximum Gasteiger partial charge on any atom is 0.254 e. The van der Waals surface area contributed by atoms with Crippen molar-refractivity contribution in [3.05, 3.63) is 23.9 Å². The first kappa shape index (κ1) is 13.8. The fourth-order valence-corrected chi connectivity index (χ4v) is 2.70. The second-order valence-electron chi connectivity index (χ2n) is 5.31. The van der Waals surface area contributed by atoms with Crippen molar-refractivity contribution in [2.75, 3.05) is 33.4 Å². The van der Waals surface area contributed by atoms with E-state index in [0.717, 1.165) is 6.42 Å². The number of pyridine rings is 1. The number of carbonyl (C=O) groups excluding carboxylic acids is 2. The quantitative estimate of drug-likeness (QED) is 0.817. The Morgan fingerprint density at radius 2 is 2.43 bits per heavy atom. The maximum absolute atomic E-state index is 12.5. The van der Waals surface area contributed by atoms with E-state index in [1.165, 1.54) is 7.11 Å². The third-order valence-electron chi connectivity index (χ3n) is 3.91. The Bertz CT molecular complexity index is 565. The Labute approximate surface area is 122 Å². The lowest BCUT2D eigenvalue weighted by atomic mass is 10.0. The van der Waals surface area contributed by atoms with Gasteiger partial charge in [0.1, 0.15) is 12.2 Å². The smallest absolute Gasteiger partial charge is 0.254 e. The third kappa shape index (κ3) is 2.69. The highest BCUT2D eigenvalue weighted by molar-refractivity contribution is 5.94. The molecule has 3 heterocycles. The molecule has 2 saturated heterocycles. The van der Waals surface area contributed by atoms with Crippen molar-refractivity contribution >= 4 is 11.8 Å². The van der Waals surface area contributed by atoms with Crippen LogP contribution in [-0.2, 0) is 9.53 Å². The maximum atomic E-state index is 12.5. The number of ether oxygens (including phenoxy) is 2. The number of rotatable bonds is 2. The van der Waals surface area contributed by atoms with Gasteiger partial charge < -0.3 is 19.7 Å². The molecular weight excluding hydrogens is 274 g/mol. The number of morpholine rings is 1. The molecule has 21 heavy (non-hydrogen) atoms. The van der Waals surface area contributed by atoms with E-state index in [2.05, 4.69) is 10.3 Å². The highest BCUT2D eigenvalue weighted by Gasteiger charge is 2.43. The second kappa shape index (κ2) is 5.33. The van der Waals surface area contributed by atoms with Crippen LogP contribution in [0.15, 0.2) is 18.3 Å². The molecule has 2 aliphatic rings. The predicted octanol–water partition coefficient (Wildman–Crippen LogP) is -0.179. The predicted molar refractivity (Wildman–Crippen MR) is 73.0 cm³/mol. The lowest BCUT2D eigenvalue weighted by Crippen LogP contribution is -2.54. The van der Waals surface area contributed by atoms with Crippen molar-refractivity contribution in [2.45, 2.75) is 12.0 Å². The Morgan fingerprint density at radius 1 is 1.57 bits per heavy atom. The number of aromatic nitrogens is 1. The van der Waals surface area contributed by atoms with Gasteiger partial charge in [-0.3, -0.25) is 9.59 Å². The molecule has 2 aliphatic heterocycles. The SMILES string of the molecule is COc1cc(C(=O)N2CCC3(CNC(=O)CO3)C2)ccn1. The Hall–Kier alpha value is -2.15. The highest BCUT2D eigenvalue weighted by atomic mass is 16.5. The number of nitrogens with one attached hydrogen (secondary N) is 1. The monoisotopic (exact) mass is 291 g/mol. The summed E-state index contributed by atoms with van der Waals surface area (Å²) in [4.78, 5) is 29.4. The normalized spacial score (nSPS) is 25.0. The van der Waals surface area contributed by atoms with Gasteiger partial charge in [0, 0.05) is 30.9 Å². The summed E-state index contributed by atoms with van der Waals surface area (Å²) in [7, 11) is 1.51. The van der Waals surface area contributed by atoms with Gasteiger partial charge in [0.15, 0.2) is 0 Å². The van der Waals surface area contributed by atoms with Crippen LogP contribution < -0.4 is 10.1 Å². The van der Waals surface area contributed by atoms with Gasteiger partial charge in [-0.05, 0) is 12.5 Å². The molecule has 1 spiro atoms. The molecule has 0 aromatic carbocycles. The van der Waals surface area contributed by atoms with E-state index in [-0.39, 0.29) is 18.4 Å². The van der Waals surface area contributed by atoms with Crippen LogP contribution in [0.1, 0.15) is 16.8 Å². The van der Waals surface area contributed by atoms with E-state index >= 15 is 0 Å². The van der Waals surface area contributed by atoms with E-state index < -0.39 is 5.60 Å². The van der Waals surface area contributed by atoms with Crippen molar-refractivity contribution in [3.63, 3.8) is 0 Å². The molecule has 1 atom stereocenters. The van der Waals surface area contributed by atoms with Crippen molar-refractivity contribution in [2.24, 2.45) is 0 Å². The van der Waals surface area contributed by atoms with Crippen molar-refractivity contribution in [1.82, 2.24) is 15.2 Å². The van der Waals surface area contributed by atoms with Gasteiger partial charge in [-0.2, -0.15) is 0 Å². The van der Waals surface area contributed by atoms with Crippen LogP contribution in [0, 0.1) is 0 Å². The van der Waals surface area contributed by atoms with Gasteiger partial charge in [-0.1, -0.05) is 0 Å². The first-order valence-electron chi connectivity index (χ1n) is 6.82. The molecule has 1 aromatic rings. The lowest BCUT2D eigenvalue weighted by Gasteiger charge is -2.33. The summed E-state index contributed by atoms with van der Waals surface area (Å²) in [6, 6.07) is 3.29. The molecule has 0 radical (unpaired) electrons. The molecular formula is C14H17N3O4. The number of methoxy groups -OCH3 is 1. The number of likely N-dealkylation sites (tertiary alicyclic amines) is 1. The topological polar surface area (TPSA) is 80.8 Å². The number of nitrogens with zero attached hydrogens (tertiary/aromatic N) is 2. The standard InChI is InChI=1S/C14H17N3O4/c1-20-12-6-10(2-4-15-12)13(19)17-5-3-14(9-17)8-16-11(18)7-21-14/h2,4,6H,3,5,7-9H2,1H3,(H,16,18). The zero-order valence-electron chi connectivity index (χ0n) is 11.8. The molecule has 2 amide bonds. The van der Waals surface area contributed by atoms with Crippen LogP contribution >= 0.6 is 0 Å². The molecule has 7 nitrogen and oxygen atoms in total. The zero-order chi connectivity index (χ0) is 14.9. The van der Waals surface area contributed by atoms with Crippen LogP contribution in [0.25, 0.3) is 0 Å². The van der Waals surface area contributed by atoms with Crippen LogP contribution in [0.3, 0.4) is 0 Å². The molecule has 0 bridgehead atoms. The van der Waals surface area contributed by atoms with Gasteiger partial charge in [0.25, 0.3) is 5.91 Å². The number of carbonyl (C=O) groups is 2. The zero-order valence-corrected chi connectivity index (χ0v) is 11.8. The molecule has 0 saturated carbocycles. The summed E-state index contributed by atoms with van der Waals surface area (Å²) in [5.41, 5.74) is 0.0967. The van der Waals surface area contributed by atoms with E-state index in [9.17, 15) is 9.59 Å². The van der Waals surface area contributed by atoms with Gasteiger partial charge in [0.05, 0.1) is 13.7 Å². The van der Waals surface area contributed by atoms with Gasteiger partial charge in [0.2, 0.25) is 11.8 Å². The molecule has 1 N–H and O–H groups in total. The van der Waals surface area contributed by atoms with E-state index in [0.29, 0.717) is 31.1 Å². The molecule has 7 heteroatoms. The Kier molecular flexibility index (Phi) is 3.50. The Balaban J connectivity index is 1.70. The van der Waals surface area contributed by atoms with E-state index in [4.69, 9.17) is 9.47 Å². The van der Waals surface area contributed by atoms with Crippen molar-refractivity contribution < 1.29 is 19.1 Å². The van der Waals surface area contributed by atoms with Crippen LogP contribution in [0.5, 0.6) is 5.88 Å². The molecule has 112 valence electrons. The highest BCUT2D eigenvalue weighted by Crippen LogP contribution is 2.28. The summed E-state index contributed by atoms with van der Waals surface area (Å²) < 4.78 is 10.7. The van der Waals surface area contributed by atoms with Crippen molar-refractivity contribution in [1.29, 1.82) is 0 Å². The minimum Gasteiger partial charge on any atom is -0.481 e. The fourth-order valence-electron chi connectivity index (χ4n) is 2.70. The number of hydrogen-bond acceptors (Lipinski definition) is 5. The van der Waals surface area contributed by atoms with E-state index in [1.807, 2.05) is 0 Å². The summed E-state index contributed by atoms with van der Waals surface area (Å²) in [6.45, 7) is 1.61. The summed E-state index contributed by atoms with van der Waals surface area (Å²) in [5.74, 6) is 0.230. The summed E-state index contributed by atoms with van der Waals surface area (Å²) >= 11 is 0. The summed E-state index contributed by atoms with van der Waals surface area (Å²) in [5, 5.41) is 2.80. The molecule has 1 unspecified atom stereocenters. The third-order valence-corrected chi connectivity index (χ3v) is 3.91. The first-order chi connectivity index (χ1) is 10.1. The minimum absolute atomic E-state index is 0.0606. The van der Waals surface area contributed by atoms with Gasteiger partial charge in [-0.15, -0.1) is 0 Å². The van der Waals surface area contributed by atoms with Crippen LogP contribution in [0.2, 0.25) is 0 Å². The average Bonchev–Trinajstić information content (AvgIpc) is 2.94. The van der Waals surface area contributed by atoms with Gasteiger partial charge in [-0.25, -0.2) is 4.98 Å². The molecule has 1 aromatic heterocycles. The Morgan fingerprint density at radius 3 is 3.14 bits per heavy atom. The van der Waals surface area contributed by atoms with E-state index in [1.54, 1.807) is 23.2 Å². The second-order valence-corrected chi connectivity index (χ2v) is 5.31. The lowest BCUT2D eigenvalue weighted by molar-refractivity contribution is -0.141. The minimum atomic E-state index is -0.444. The number of amides is 2. The van der Waals surface area contributed by atoms with Crippen molar-refractivity contribution in [3.8, 4) is 5.88 Å². The van der Waals surface area contributed by atoms with Gasteiger partial charge >= 0.3 is 0 Å². The first-order valence-corrected chi connectivity index (χ1v) is 6.82. The largest absolute Gasteiger partial charge is 0.481 e. The fraction of sp³-hybridized carbons (Fsp3) is 0.500. The number of hydrogen-bond donors (Lipinski definition) is 1. The molecule has 3 rings (SSSR count).